The second kappa shape index (κ2) is 5.31. The van der Waals surface area contributed by atoms with Crippen molar-refractivity contribution >= 4 is 0 Å². The second-order valence-corrected chi connectivity index (χ2v) is 3.93. The van der Waals surface area contributed by atoms with E-state index in [1.54, 1.807) is 12.4 Å². The van der Waals surface area contributed by atoms with Crippen molar-refractivity contribution < 1.29 is 9.94 Å². The molecule has 0 bridgehead atoms. The van der Waals surface area contributed by atoms with Gasteiger partial charge in [-0.15, -0.1) is 0 Å². The zero-order valence-electron chi connectivity index (χ0n) is 9.21. The molecule has 0 fully saturated rings. The monoisotopic (exact) mass is 214 g/mol. The number of pyridine rings is 1. The van der Waals surface area contributed by atoms with Crippen molar-refractivity contribution in [2.45, 2.75) is 19.3 Å². The summed E-state index contributed by atoms with van der Waals surface area (Å²) >= 11 is 0. The normalized spacial score (nSPS) is 10.2. The number of aryl methyl sites for hydroxylation is 2. The molecule has 1 aromatic carbocycles. The van der Waals surface area contributed by atoms with Gasteiger partial charge in [0.2, 0.25) is 12.4 Å². The van der Waals surface area contributed by atoms with E-state index in [4.69, 9.17) is 5.21 Å². The Morgan fingerprint density at radius 3 is 2.00 bits per heavy atom. The lowest BCUT2D eigenvalue weighted by atomic mass is 10.1. The van der Waals surface area contributed by atoms with Crippen molar-refractivity contribution in [3.05, 3.63) is 66.0 Å². The van der Waals surface area contributed by atoms with E-state index in [1.165, 1.54) is 11.1 Å². The minimum atomic E-state index is 1.05. The third kappa shape index (κ3) is 3.09. The van der Waals surface area contributed by atoms with E-state index in [1.807, 2.05) is 18.2 Å². The second-order valence-electron chi connectivity index (χ2n) is 3.93. The van der Waals surface area contributed by atoms with Crippen LogP contribution in [0.4, 0.5) is 0 Å². The summed E-state index contributed by atoms with van der Waals surface area (Å²) in [6.07, 6.45) is 6.62. The zero-order valence-corrected chi connectivity index (χ0v) is 9.21. The lowest BCUT2D eigenvalue weighted by Crippen LogP contribution is -2.27. The van der Waals surface area contributed by atoms with Gasteiger partial charge in [-0.05, 0) is 30.4 Å². The summed E-state index contributed by atoms with van der Waals surface area (Å²) in [7, 11) is 0. The van der Waals surface area contributed by atoms with Gasteiger partial charge < -0.3 is 0 Å². The number of rotatable bonds is 4. The van der Waals surface area contributed by atoms with Gasteiger partial charge in [-0.2, -0.15) is 0 Å². The highest BCUT2D eigenvalue weighted by atomic mass is 16.5. The van der Waals surface area contributed by atoms with Gasteiger partial charge in [-0.25, -0.2) is 0 Å². The Balaban J connectivity index is 1.82. The Morgan fingerprint density at radius 1 is 0.812 bits per heavy atom. The molecule has 0 spiro atoms. The fourth-order valence-corrected chi connectivity index (χ4v) is 1.76. The Bertz CT molecular complexity index is 422. The van der Waals surface area contributed by atoms with Gasteiger partial charge in [0.1, 0.15) is 0 Å². The number of hydrogen-bond donors (Lipinski definition) is 1. The van der Waals surface area contributed by atoms with Crippen LogP contribution < -0.4 is 4.73 Å². The maximum atomic E-state index is 9.08. The molecule has 2 aromatic rings. The molecule has 0 saturated carbocycles. The van der Waals surface area contributed by atoms with E-state index in [-0.39, 0.29) is 0 Å². The first-order valence-electron chi connectivity index (χ1n) is 5.58. The SMILES string of the molecule is O[n+]1ccc(CCCc2ccccc2)cc1. The predicted octanol–water partition coefficient (Wildman–Crippen LogP) is 2.39. The highest BCUT2D eigenvalue weighted by molar-refractivity contribution is 5.15. The van der Waals surface area contributed by atoms with Crippen molar-refractivity contribution in [2.24, 2.45) is 0 Å². The van der Waals surface area contributed by atoms with Gasteiger partial charge >= 0.3 is 0 Å². The van der Waals surface area contributed by atoms with Crippen molar-refractivity contribution in [3.8, 4) is 0 Å². The van der Waals surface area contributed by atoms with E-state index >= 15 is 0 Å². The molecule has 0 aliphatic carbocycles. The number of aromatic nitrogens is 1. The van der Waals surface area contributed by atoms with Crippen LogP contribution in [0.5, 0.6) is 0 Å². The maximum absolute atomic E-state index is 9.08. The molecular weight excluding hydrogens is 198 g/mol. The molecule has 1 heterocycles. The lowest BCUT2D eigenvalue weighted by Gasteiger charge is -2.00. The van der Waals surface area contributed by atoms with E-state index in [2.05, 4.69) is 24.3 Å². The molecule has 1 N–H and O–H groups in total. The summed E-state index contributed by atoms with van der Waals surface area (Å²) in [5.74, 6) is 0. The molecule has 0 aliphatic rings. The standard InChI is InChI=1S/C14H16NO/c16-15-11-9-14(10-12-15)8-4-7-13-5-2-1-3-6-13/h1-3,5-6,9-12,16H,4,7-8H2/q+1. The van der Waals surface area contributed by atoms with Gasteiger partial charge in [0.05, 0.1) is 0 Å². The first-order chi connectivity index (χ1) is 7.84. The number of nitrogens with zero attached hydrogens (tertiary/aromatic N) is 1. The van der Waals surface area contributed by atoms with Gasteiger partial charge in [0.25, 0.3) is 0 Å². The fraction of sp³-hybridized carbons (Fsp3) is 0.214. The largest absolute Gasteiger partial charge is 0.285 e. The molecule has 82 valence electrons. The molecule has 2 nitrogen and oxygen atoms in total. The highest BCUT2D eigenvalue weighted by Gasteiger charge is 1.98. The van der Waals surface area contributed by atoms with Crippen molar-refractivity contribution in [3.63, 3.8) is 0 Å². The van der Waals surface area contributed by atoms with Crippen LogP contribution in [-0.4, -0.2) is 5.21 Å². The Morgan fingerprint density at radius 2 is 1.38 bits per heavy atom. The van der Waals surface area contributed by atoms with Crippen LogP contribution in [0.2, 0.25) is 0 Å². The minimum absolute atomic E-state index is 1.05. The topological polar surface area (TPSA) is 24.1 Å². The smallest absolute Gasteiger partial charge is 0.222 e. The molecule has 0 saturated heterocycles. The molecule has 0 atom stereocenters. The van der Waals surface area contributed by atoms with Crippen LogP contribution in [0, 0.1) is 0 Å². The molecule has 0 aliphatic heterocycles. The van der Waals surface area contributed by atoms with Gasteiger partial charge in [-0.3, -0.25) is 5.21 Å². The summed E-state index contributed by atoms with van der Waals surface area (Å²) in [6.45, 7) is 0. The third-order valence-electron chi connectivity index (χ3n) is 2.66. The van der Waals surface area contributed by atoms with Gasteiger partial charge in [-0.1, -0.05) is 30.3 Å². The van der Waals surface area contributed by atoms with Crippen molar-refractivity contribution in [1.82, 2.24) is 0 Å². The van der Waals surface area contributed by atoms with E-state index in [9.17, 15) is 0 Å². The van der Waals surface area contributed by atoms with Crippen LogP contribution in [0.25, 0.3) is 0 Å². The average molecular weight is 214 g/mol. The molecule has 2 heteroatoms. The molecule has 16 heavy (non-hydrogen) atoms. The molecule has 0 amide bonds. The Kier molecular flexibility index (Phi) is 3.54. The summed E-state index contributed by atoms with van der Waals surface area (Å²) < 4.78 is 1.07. The quantitative estimate of drug-likeness (QED) is 0.613. The summed E-state index contributed by atoms with van der Waals surface area (Å²) in [6, 6.07) is 14.4. The fourth-order valence-electron chi connectivity index (χ4n) is 1.76. The first-order valence-corrected chi connectivity index (χ1v) is 5.58. The van der Waals surface area contributed by atoms with E-state index in [0.29, 0.717) is 0 Å². The summed E-state index contributed by atoms with van der Waals surface area (Å²) in [5.41, 5.74) is 2.65. The third-order valence-corrected chi connectivity index (χ3v) is 2.66. The number of benzene rings is 1. The first kappa shape index (κ1) is 10.7. The van der Waals surface area contributed by atoms with Crippen molar-refractivity contribution in [2.75, 3.05) is 0 Å². The van der Waals surface area contributed by atoms with Crippen LogP contribution in [0.15, 0.2) is 54.9 Å². The number of hydrogen-bond acceptors (Lipinski definition) is 1. The summed E-state index contributed by atoms with van der Waals surface area (Å²) in [4.78, 5) is 0. The molecule has 0 radical (unpaired) electrons. The summed E-state index contributed by atoms with van der Waals surface area (Å²) in [5, 5.41) is 9.08. The van der Waals surface area contributed by atoms with Crippen molar-refractivity contribution in [1.29, 1.82) is 0 Å². The van der Waals surface area contributed by atoms with Gasteiger partial charge in [0.15, 0.2) is 0 Å². The predicted molar refractivity (Wildman–Crippen MR) is 62.3 cm³/mol. The van der Waals surface area contributed by atoms with Crippen LogP contribution in [0.1, 0.15) is 17.5 Å². The molecule has 0 unspecified atom stereocenters. The van der Waals surface area contributed by atoms with Crippen LogP contribution >= 0.6 is 0 Å². The van der Waals surface area contributed by atoms with Gasteiger partial charge in [0, 0.05) is 16.9 Å². The van der Waals surface area contributed by atoms with Crippen LogP contribution in [0.3, 0.4) is 0 Å². The van der Waals surface area contributed by atoms with Crippen LogP contribution in [-0.2, 0) is 12.8 Å². The Labute approximate surface area is 95.8 Å². The zero-order chi connectivity index (χ0) is 11.2. The highest BCUT2D eigenvalue weighted by Crippen LogP contribution is 2.06. The maximum Gasteiger partial charge on any atom is 0.222 e. The molecular formula is C14H16NO+. The molecule has 2 rings (SSSR count). The van der Waals surface area contributed by atoms with E-state index in [0.717, 1.165) is 24.0 Å². The minimum Gasteiger partial charge on any atom is -0.285 e. The molecule has 1 aromatic heterocycles. The lowest BCUT2D eigenvalue weighted by molar-refractivity contribution is -0.904. The van der Waals surface area contributed by atoms with E-state index < -0.39 is 0 Å². The average Bonchev–Trinajstić information content (AvgIpc) is 2.33. The Hall–Kier alpha value is -1.83.